The molecule has 5 nitrogen and oxygen atoms in total. The molecule has 2 fully saturated rings. The van der Waals surface area contributed by atoms with E-state index in [1.807, 2.05) is 6.92 Å². The Kier molecular flexibility index (Phi) is 2.96. The lowest BCUT2D eigenvalue weighted by atomic mass is 10.4. The quantitative estimate of drug-likeness (QED) is 0.810. The van der Waals surface area contributed by atoms with E-state index in [0.717, 1.165) is 21.6 Å². The smallest absolute Gasteiger partial charge is 0.197 e. The number of hydrogen-bond donors (Lipinski definition) is 0. The van der Waals surface area contributed by atoms with E-state index in [2.05, 4.69) is 24.7 Å². The summed E-state index contributed by atoms with van der Waals surface area (Å²) in [4.78, 5) is 8.30. The Morgan fingerprint density at radius 1 is 1.20 bits per heavy atom. The number of aromatic nitrogens is 5. The lowest BCUT2D eigenvalue weighted by Gasteiger charge is -2.08. The van der Waals surface area contributed by atoms with Crippen molar-refractivity contribution in [1.29, 1.82) is 0 Å². The Balaban J connectivity index is 1.70. The summed E-state index contributed by atoms with van der Waals surface area (Å²) in [7, 11) is 0. The van der Waals surface area contributed by atoms with Crippen molar-refractivity contribution in [2.24, 2.45) is 0 Å². The van der Waals surface area contributed by atoms with Gasteiger partial charge in [-0.05, 0) is 44.4 Å². The first-order valence-electron chi connectivity index (χ1n) is 6.84. The van der Waals surface area contributed by atoms with Gasteiger partial charge in [-0.2, -0.15) is 0 Å². The number of nitrogens with zero attached hydrogens (tertiary/aromatic N) is 5. The Morgan fingerprint density at radius 3 is 2.70 bits per heavy atom. The van der Waals surface area contributed by atoms with Gasteiger partial charge in [0.25, 0.3) is 0 Å². The van der Waals surface area contributed by atoms with Gasteiger partial charge in [-0.1, -0.05) is 11.6 Å². The average Bonchev–Trinajstić information content (AvgIpc) is 3.34. The molecule has 0 unspecified atom stereocenters. The second kappa shape index (κ2) is 4.70. The molecule has 2 aromatic rings. The standard InChI is InChI=1S/C13H14ClN5S/c1-7-10(14)15-6-16-12(7)20-13-18-17-11(8-2-3-8)19(13)9-4-5-9/h6,8-9H,2-5H2,1H3. The van der Waals surface area contributed by atoms with Crippen LogP contribution in [0.3, 0.4) is 0 Å². The number of rotatable bonds is 4. The zero-order chi connectivity index (χ0) is 13.7. The highest BCUT2D eigenvalue weighted by Gasteiger charge is 2.36. The number of halogens is 1. The van der Waals surface area contributed by atoms with Gasteiger partial charge in [0, 0.05) is 17.5 Å². The highest BCUT2D eigenvalue weighted by molar-refractivity contribution is 7.99. The fourth-order valence-corrected chi connectivity index (χ4v) is 3.39. The summed E-state index contributed by atoms with van der Waals surface area (Å²) >= 11 is 7.60. The molecule has 2 aliphatic rings. The molecule has 0 N–H and O–H groups in total. The van der Waals surface area contributed by atoms with Gasteiger partial charge in [0.1, 0.15) is 22.3 Å². The van der Waals surface area contributed by atoms with Crippen LogP contribution in [0.5, 0.6) is 0 Å². The van der Waals surface area contributed by atoms with Gasteiger partial charge in [-0.25, -0.2) is 9.97 Å². The summed E-state index contributed by atoms with van der Waals surface area (Å²) in [6.45, 7) is 1.93. The van der Waals surface area contributed by atoms with Gasteiger partial charge in [0.2, 0.25) is 0 Å². The summed E-state index contributed by atoms with van der Waals surface area (Å²) in [5.74, 6) is 1.78. The van der Waals surface area contributed by atoms with Gasteiger partial charge >= 0.3 is 0 Å². The van der Waals surface area contributed by atoms with E-state index in [1.165, 1.54) is 32.0 Å². The topological polar surface area (TPSA) is 56.5 Å². The lowest BCUT2D eigenvalue weighted by Crippen LogP contribution is -2.02. The molecule has 4 rings (SSSR count). The minimum Gasteiger partial charge on any atom is -0.302 e. The third-order valence-corrected chi connectivity index (χ3v) is 5.16. The summed E-state index contributed by atoms with van der Waals surface area (Å²) in [5, 5.41) is 11.1. The van der Waals surface area contributed by atoms with Crippen molar-refractivity contribution < 1.29 is 0 Å². The van der Waals surface area contributed by atoms with E-state index >= 15 is 0 Å². The molecular formula is C13H14ClN5S. The van der Waals surface area contributed by atoms with Crippen LogP contribution in [-0.2, 0) is 0 Å². The molecule has 0 aromatic carbocycles. The van der Waals surface area contributed by atoms with Gasteiger partial charge in [0.15, 0.2) is 5.16 Å². The van der Waals surface area contributed by atoms with E-state index in [-0.39, 0.29) is 0 Å². The lowest BCUT2D eigenvalue weighted by molar-refractivity contribution is 0.626. The van der Waals surface area contributed by atoms with Crippen molar-refractivity contribution in [1.82, 2.24) is 24.7 Å². The SMILES string of the molecule is Cc1c(Cl)ncnc1Sc1nnc(C2CC2)n1C1CC1. The van der Waals surface area contributed by atoms with Crippen LogP contribution in [-0.4, -0.2) is 24.7 Å². The monoisotopic (exact) mass is 307 g/mol. The molecule has 0 amide bonds. The Morgan fingerprint density at radius 2 is 2.00 bits per heavy atom. The molecule has 0 aliphatic heterocycles. The molecular weight excluding hydrogens is 294 g/mol. The molecule has 2 saturated carbocycles. The Hall–Kier alpha value is -1.14. The van der Waals surface area contributed by atoms with Crippen molar-refractivity contribution in [2.75, 3.05) is 0 Å². The molecule has 20 heavy (non-hydrogen) atoms. The van der Waals surface area contributed by atoms with E-state index in [4.69, 9.17) is 11.6 Å². The van der Waals surface area contributed by atoms with Gasteiger partial charge in [-0.15, -0.1) is 10.2 Å². The van der Waals surface area contributed by atoms with Gasteiger partial charge in [0.05, 0.1) is 0 Å². The van der Waals surface area contributed by atoms with E-state index in [9.17, 15) is 0 Å². The minimum atomic E-state index is 0.502. The molecule has 2 heterocycles. The fourth-order valence-electron chi connectivity index (χ4n) is 2.26. The largest absolute Gasteiger partial charge is 0.302 e. The first kappa shape index (κ1) is 12.6. The second-order valence-corrected chi connectivity index (χ2v) is 6.73. The normalized spacial score (nSPS) is 18.5. The third kappa shape index (κ3) is 2.20. The predicted octanol–water partition coefficient (Wildman–Crippen LogP) is 3.39. The average molecular weight is 308 g/mol. The maximum absolute atomic E-state index is 6.05. The van der Waals surface area contributed by atoms with Crippen LogP contribution < -0.4 is 0 Å². The molecule has 0 atom stereocenters. The van der Waals surface area contributed by atoms with Crippen LogP contribution in [0.4, 0.5) is 0 Å². The highest BCUT2D eigenvalue weighted by atomic mass is 35.5. The van der Waals surface area contributed by atoms with E-state index in [0.29, 0.717) is 17.1 Å². The van der Waals surface area contributed by atoms with Crippen molar-refractivity contribution in [3.05, 3.63) is 22.9 Å². The Bertz CT molecular complexity index is 663. The summed E-state index contributed by atoms with van der Waals surface area (Å²) in [5.41, 5.74) is 0.900. The molecule has 0 saturated heterocycles. The summed E-state index contributed by atoms with van der Waals surface area (Å²) in [6, 6.07) is 0.584. The predicted molar refractivity (Wildman–Crippen MR) is 76.2 cm³/mol. The summed E-state index contributed by atoms with van der Waals surface area (Å²) in [6.07, 6.45) is 6.45. The van der Waals surface area contributed by atoms with Crippen LogP contribution >= 0.6 is 23.4 Å². The van der Waals surface area contributed by atoms with Crippen LogP contribution in [0.1, 0.15) is 49.0 Å². The van der Waals surface area contributed by atoms with Crippen molar-refractivity contribution in [2.45, 2.75) is 54.7 Å². The first-order chi connectivity index (χ1) is 9.74. The van der Waals surface area contributed by atoms with Crippen LogP contribution in [0.15, 0.2) is 16.5 Å². The zero-order valence-electron chi connectivity index (χ0n) is 11.1. The highest BCUT2D eigenvalue weighted by Crippen LogP contribution is 2.46. The molecule has 2 aliphatic carbocycles. The summed E-state index contributed by atoms with van der Waals surface area (Å²) < 4.78 is 2.32. The molecule has 2 aromatic heterocycles. The maximum atomic E-state index is 6.05. The van der Waals surface area contributed by atoms with Gasteiger partial charge in [-0.3, -0.25) is 0 Å². The van der Waals surface area contributed by atoms with Crippen molar-refractivity contribution in [3.8, 4) is 0 Å². The van der Waals surface area contributed by atoms with Gasteiger partial charge < -0.3 is 4.57 Å². The molecule has 7 heteroatoms. The molecule has 0 radical (unpaired) electrons. The third-order valence-electron chi connectivity index (χ3n) is 3.71. The first-order valence-corrected chi connectivity index (χ1v) is 8.03. The Labute approximate surface area is 126 Å². The molecule has 104 valence electrons. The van der Waals surface area contributed by atoms with E-state index < -0.39 is 0 Å². The van der Waals surface area contributed by atoms with Crippen LogP contribution in [0.25, 0.3) is 0 Å². The zero-order valence-corrected chi connectivity index (χ0v) is 12.7. The van der Waals surface area contributed by atoms with Crippen molar-refractivity contribution in [3.63, 3.8) is 0 Å². The number of hydrogen-bond acceptors (Lipinski definition) is 5. The van der Waals surface area contributed by atoms with Crippen molar-refractivity contribution >= 4 is 23.4 Å². The molecule has 0 spiro atoms. The maximum Gasteiger partial charge on any atom is 0.197 e. The second-order valence-electron chi connectivity index (χ2n) is 5.41. The fraction of sp³-hybridized carbons (Fsp3) is 0.538. The minimum absolute atomic E-state index is 0.502. The van der Waals surface area contributed by atoms with Crippen LogP contribution in [0, 0.1) is 6.92 Å². The van der Waals surface area contributed by atoms with Crippen LogP contribution in [0.2, 0.25) is 5.15 Å². The molecule has 0 bridgehead atoms. The van der Waals surface area contributed by atoms with E-state index in [1.54, 1.807) is 11.8 Å².